The molecule has 8 nitrogen and oxygen atoms in total. The van der Waals surface area contributed by atoms with Crippen LogP contribution in [0.3, 0.4) is 0 Å². The molecule has 2 N–H and O–H groups in total. The van der Waals surface area contributed by atoms with Crippen molar-refractivity contribution < 1.29 is 9.32 Å². The average molecular weight is 532 g/mol. The monoisotopic (exact) mass is 532 g/mol. The summed E-state index contributed by atoms with van der Waals surface area (Å²) in [5, 5.41) is 10.7. The van der Waals surface area contributed by atoms with E-state index in [1.807, 2.05) is 6.07 Å². The summed E-state index contributed by atoms with van der Waals surface area (Å²) in [5.41, 5.74) is 0.968. The van der Waals surface area contributed by atoms with Crippen molar-refractivity contribution in [1.29, 1.82) is 0 Å². The highest BCUT2D eigenvalue weighted by atomic mass is 127. The number of carbonyl (C=O) groups excluding carboxylic acids is 1. The maximum absolute atomic E-state index is 12.5. The molecule has 0 bridgehead atoms. The molecule has 1 aliphatic carbocycles. The fourth-order valence-electron chi connectivity index (χ4n) is 4.03. The molecule has 1 amide bonds. The minimum absolute atomic E-state index is 0. The molecular weight excluding hydrogens is 495 g/mol. The molecule has 1 saturated carbocycles. The smallest absolute Gasteiger partial charge is 0.225 e. The van der Waals surface area contributed by atoms with Crippen molar-refractivity contribution in [2.45, 2.75) is 52.0 Å². The van der Waals surface area contributed by atoms with Gasteiger partial charge in [-0.2, -0.15) is 0 Å². The highest BCUT2D eigenvalue weighted by molar-refractivity contribution is 14.0. The Kier molecular flexibility index (Phi) is 10.4. The first-order chi connectivity index (χ1) is 14.1. The van der Waals surface area contributed by atoms with Gasteiger partial charge < -0.3 is 20.1 Å². The van der Waals surface area contributed by atoms with E-state index >= 15 is 0 Å². The molecule has 1 aromatic heterocycles. The number of hydrogen-bond donors (Lipinski definition) is 2. The molecule has 0 unspecified atom stereocenters. The Hall–Kier alpha value is -1.36. The molecule has 0 aromatic carbocycles. The van der Waals surface area contributed by atoms with E-state index in [-0.39, 0.29) is 24.0 Å². The number of nitrogens with zero attached hydrogens (tertiary/aromatic N) is 4. The standard InChI is InChI=1S/C21H36N6O2.HI/c1-16(2)19-14-18(29-25-19)15-24-21(22-3)23-8-9-26-10-12-27(13-11-26)20(28)17-6-4-5-7-17;/h14,16-17H,4-13,15H2,1-3H3,(H2,22,23,24);1H. The van der Waals surface area contributed by atoms with Crippen LogP contribution in [0.25, 0.3) is 0 Å². The minimum atomic E-state index is 0. The van der Waals surface area contributed by atoms with E-state index in [4.69, 9.17) is 4.52 Å². The van der Waals surface area contributed by atoms with Crippen LogP contribution >= 0.6 is 24.0 Å². The van der Waals surface area contributed by atoms with Gasteiger partial charge in [0.25, 0.3) is 0 Å². The number of aromatic nitrogens is 1. The van der Waals surface area contributed by atoms with Crippen molar-refractivity contribution in [2.24, 2.45) is 10.9 Å². The molecule has 1 saturated heterocycles. The normalized spacial score (nSPS) is 18.5. The third kappa shape index (κ3) is 7.11. The third-order valence-electron chi connectivity index (χ3n) is 5.93. The maximum atomic E-state index is 12.5. The van der Waals surface area contributed by atoms with Crippen LogP contribution < -0.4 is 10.6 Å². The van der Waals surface area contributed by atoms with E-state index in [2.05, 4.69) is 44.4 Å². The van der Waals surface area contributed by atoms with Crippen molar-refractivity contribution in [3.8, 4) is 0 Å². The molecule has 0 spiro atoms. The van der Waals surface area contributed by atoms with Gasteiger partial charge in [0.1, 0.15) is 0 Å². The minimum Gasteiger partial charge on any atom is -0.359 e. The number of carbonyl (C=O) groups is 1. The predicted octanol–water partition coefficient (Wildman–Crippen LogP) is 2.42. The van der Waals surface area contributed by atoms with E-state index in [1.165, 1.54) is 12.8 Å². The molecule has 3 rings (SSSR count). The topological polar surface area (TPSA) is 86.0 Å². The summed E-state index contributed by atoms with van der Waals surface area (Å²) < 4.78 is 5.35. The molecule has 30 heavy (non-hydrogen) atoms. The zero-order valence-electron chi connectivity index (χ0n) is 18.5. The Labute approximate surface area is 197 Å². The second kappa shape index (κ2) is 12.5. The lowest BCUT2D eigenvalue weighted by atomic mass is 10.1. The van der Waals surface area contributed by atoms with Gasteiger partial charge in [0, 0.05) is 58.3 Å². The summed E-state index contributed by atoms with van der Waals surface area (Å²) in [6, 6.07) is 1.98. The lowest BCUT2D eigenvalue weighted by Crippen LogP contribution is -2.51. The third-order valence-corrected chi connectivity index (χ3v) is 5.93. The number of piperazine rings is 1. The van der Waals surface area contributed by atoms with Crippen LogP contribution in [0.5, 0.6) is 0 Å². The van der Waals surface area contributed by atoms with Crippen LogP contribution in [0.2, 0.25) is 0 Å². The predicted molar refractivity (Wildman–Crippen MR) is 129 cm³/mol. The summed E-state index contributed by atoms with van der Waals surface area (Å²) >= 11 is 0. The first kappa shape index (κ1) is 24.9. The number of amides is 1. The van der Waals surface area contributed by atoms with Gasteiger partial charge in [-0.05, 0) is 18.8 Å². The second-order valence-corrected chi connectivity index (χ2v) is 8.37. The fourth-order valence-corrected chi connectivity index (χ4v) is 4.03. The molecule has 1 aromatic rings. The Morgan fingerprint density at radius 2 is 1.93 bits per heavy atom. The quantitative estimate of drug-likeness (QED) is 0.319. The van der Waals surface area contributed by atoms with Crippen LogP contribution in [0, 0.1) is 5.92 Å². The lowest BCUT2D eigenvalue weighted by Gasteiger charge is -2.36. The van der Waals surface area contributed by atoms with Crippen LogP contribution in [0.1, 0.15) is 56.9 Å². The Bertz CT molecular complexity index is 679. The zero-order chi connectivity index (χ0) is 20.6. The van der Waals surface area contributed by atoms with Crippen LogP contribution in [0.15, 0.2) is 15.6 Å². The fraction of sp³-hybridized carbons (Fsp3) is 0.762. The molecular formula is C21H37IN6O2. The molecule has 0 radical (unpaired) electrons. The van der Waals surface area contributed by atoms with Crippen LogP contribution in [0.4, 0.5) is 0 Å². The van der Waals surface area contributed by atoms with E-state index in [0.717, 1.165) is 69.5 Å². The largest absolute Gasteiger partial charge is 0.359 e. The van der Waals surface area contributed by atoms with Gasteiger partial charge in [-0.1, -0.05) is 31.8 Å². The van der Waals surface area contributed by atoms with Gasteiger partial charge in [-0.15, -0.1) is 24.0 Å². The summed E-state index contributed by atoms with van der Waals surface area (Å²) in [5.74, 6) is 2.60. The van der Waals surface area contributed by atoms with Crippen molar-refractivity contribution in [3.63, 3.8) is 0 Å². The molecule has 1 aliphatic heterocycles. The molecule has 2 aliphatic rings. The zero-order valence-corrected chi connectivity index (χ0v) is 20.9. The van der Waals surface area contributed by atoms with E-state index in [0.29, 0.717) is 24.3 Å². The number of rotatable bonds is 7. The van der Waals surface area contributed by atoms with Gasteiger partial charge in [0.15, 0.2) is 11.7 Å². The Balaban J connectivity index is 0.00000320. The van der Waals surface area contributed by atoms with Gasteiger partial charge in [0.05, 0.1) is 12.2 Å². The van der Waals surface area contributed by atoms with Crippen molar-refractivity contribution >= 4 is 35.8 Å². The van der Waals surface area contributed by atoms with E-state index in [9.17, 15) is 4.79 Å². The summed E-state index contributed by atoms with van der Waals surface area (Å²) in [7, 11) is 1.77. The van der Waals surface area contributed by atoms with Crippen LogP contribution in [-0.2, 0) is 11.3 Å². The number of nitrogens with one attached hydrogen (secondary N) is 2. The second-order valence-electron chi connectivity index (χ2n) is 8.37. The van der Waals surface area contributed by atoms with Crippen molar-refractivity contribution in [1.82, 2.24) is 25.6 Å². The van der Waals surface area contributed by atoms with Gasteiger partial charge >= 0.3 is 0 Å². The van der Waals surface area contributed by atoms with Gasteiger partial charge in [-0.3, -0.25) is 14.7 Å². The summed E-state index contributed by atoms with van der Waals surface area (Å²) in [4.78, 5) is 21.3. The highest BCUT2D eigenvalue weighted by Crippen LogP contribution is 2.26. The van der Waals surface area contributed by atoms with Gasteiger partial charge in [0.2, 0.25) is 5.91 Å². The number of aliphatic imine (C=N–C) groups is 1. The summed E-state index contributed by atoms with van der Waals surface area (Å²) in [6.07, 6.45) is 4.60. The average Bonchev–Trinajstić information content (AvgIpc) is 3.43. The number of guanidine groups is 1. The maximum Gasteiger partial charge on any atom is 0.225 e. The van der Waals surface area contributed by atoms with E-state index in [1.54, 1.807) is 7.05 Å². The Morgan fingerprint density at radius 3 is 2.53 bits per heavy atom. The first-order valence-electron chi connectivity index (χ1n) is 11.0. The van der Waals surface area contributed by atoms with E-state index < -0.39 is 0 Å². The molecule has 0 atom stereocenters. The Morgan fingerprint density at radius 1 is 1.23 bits per heavy atom. The van der Waals surface area contributed by atoms with Crippen LogP contribution in [-0.4, -0.2) is 73.1 Å². The highest BCUT2D eigenvalue weighted by Gasteiger charge is 2.29. The lowest BCUT2D eigenvalue weighted by molar-refractivity contribution is -0.137. The SMILES string of the molecule is CN=C(NCCN1CCN(C(=O)C2CCCC2)CC1)NCc1cc(C(C)C)no1.I. The molecule has 2 heterocycles. The number of hydrogen-bond acceptors (Lipinski definition) is 5. The first-order valence-corrected chi connectivity index (χ1v) is 11.0. The summed E-state index contributed by atoms with van der Waals surface area (Å²) in [6.45, 7) is 10.1. The van der Waals surface area contributed by atoms with Crippen molar-refractivity contribution in [2.75, 3.05) is 46.3 Å². The van der Waals surface area contributed by atoms with Gasteiger partial charge in [-0.25, -0.2) is 0 Å². The molecule has 2 fully saturated rings. The molecule has 9 heteroatoms. The number of halogens is 1. The molecule has 170 valence electrons. The van der Waals surface area contributed by atoms with Crippen molar-refractivity contribution in [3.05, 3.63) is 17.5 Å².